The molecule has 0 saturated carbocycles. The lowest BCUT2D eigenvalue weighted by molar-refractivity contribution is -0.137. The van der Waals surface area contributed by atoms with Gasteiger partial charge in [-0.15, -0.1) is 11.3 Å². The Labute approximate surface area is 161 Å². The number of hydrogen-bond donors (Lipinski definition) is 1. The monoisotopic (exact) mass is 396 g/mol. The van der Waals surface area contributed by atoms with Crippen molar-refractivity contribution < 1.29 is 18.0 Å². The number of carbonyl (C=O) groups is 1. The quantitative estimate of drug-likeness (QED) is 0.783. The molecule has 2 aromatic rings. The Balaban J connectivity index is 1.41. The maximum absolute atomic E-state index is 12.6. The zero-order valence-corrected chi connectivity index (χ0v) is 16.0. The van der Waals surface area contributed by atoms with Crippen LogP contribution in [0.1, 0.15) is 40.8 Å². The highest BCUT2D eigenvalue weighted by Crippen LogP contribution is 2.30. The molecule has 27 heavy (non-hydrogen) atoms. The summed E-state index contributed by atoms with van der Waals surface area (Å²) in [6.45, 7) is 5.17. The van der Waals surface area contributed by atoms with Crippen LogP contribution in [0.3, 0.4) is 0 Å². The molecule has 146 valence electrons. The minimum absolute atomic E-state index is 0.0735. The topological polar surface area (TPSA) is 32.3 Å². The van der Waals surface area contributed by atoms with Crippen molar-refractivity contribution in [2.24, 2.45) is 0 Å². The van der Waals surface area contributed by atoms with E-state index in [0.29, 0.717) is 6.54 Å². The molecule has 1 aliphatic rings. The van der Waals surface area contributed by atoms with Crippen LogP contribution in [0.4, 0.5) is 13.2 Å². The highest BCUT2D eigenvalue weighted by molar-refractivity contribution is 7.10. The van der Waals surface area contributed by atoms with Gasteiger partial charge in [-0.3, -0.25) is 9.69 Å². The molecule has 0 radical (unpaired) electrons. The number of amides is 1. The van der Waals surface area contributed by atoms with E-state index in [1.54, 1.807) is 11.3 Å². The molecular weight excluding hydrogens is 373 g/mol. The van der Waals surface area contributed by atoms with Gasteiger partial charge in [0.05, 0.1) is 5.56 Å². The van der Waals surface area contributed by atoms with Gasteiger partial charge in [0.15, 0.2) is 0 Å². The summed E-state index contributed by atoms with van der Waals surface area (Å²) >= 11 is 1.80. The van der Waals surface area contributed by atoms with E-state index >= 15 is 0 Å². The first-order valence-electron chi connectivity index (χ1n) is 9.04. The maximum atomic E-state index is 12.6. The zero-order valence-electron chi connectivity index (χ0n) is 15.2. The van der Waals surface area contributed by atoms with E-state index in [4.69, 9.17) is 0 Å². The second kappa shape index (κ2) is 8.44. The fourth-order valence-electron chi connectivity index (χ4n) is 3.32. The van der Waals surface area contributed by atoms with Gasteiger partial charge in [-0.05, 0) is 47.0 Å². The third-order valence-electron chi connectivity index (χ3n) is 4.94. The Morgan fingerprint density at radius 2 is 2.00 bits per heavy atom. The average molecular weight is 396 g/mol. The normalized spacial score (nSPS) is 16.0. The number of hydrogen-bond acceptors (Lipinski definition) is 3. The Morgan fingerprint density at radius 1 is 1.26 bits per heavy atom. The molecule has 1 unspecified atom stereocenters. The minimum atomic E-state index is -4.34. The summed E-state index contributed by atoms with van der Waals surface area (Å²) in [5, 5.41) is 5.05. The predicted molar refractivity (Wildman–Crippen MR) is 101 cm³/mol. The number of benzene rings is 1. The summed E-state index contributed by atoms with van der Waals surface area (Å²) in [4.78, 5) is 15.9. The van der Waals surface area contributed by atoms with E-state index in [0.717, 1.165) is 43.8 Å². The van der Waals surface area contributed by atoms with Crippen molar-refractivity contribution in [2.45, 2.75) is 38.4 Å². The Bertz CT molecular complexity index is 770. The van der Waals surface area contributed by atoms with Gasteiger partial charge in [0.1, 0.15) is 0 Å². The summed E-state index contributed by atoms with van der Waals surface area (Å²) in [6, 6.07) is 7.20. The van der Waals surface area contributed by atoms with Crippen LogP contribution >= 0.6 is 11.3 Å². The van der Waals surface area contributed by atoms with Crippen molar-refractivity contribution >= 4 is 17.2 Å². The van der Waals surface area contributed by atoms with Crippen LogP contribution < -0.4 is 5.32 Å². The van der Waals surface area contributed by atoms with Crippen molar-refractivity contribution in [3.63, 3.8) is 0 Å². The lowest BCUT2D eigenvalue weighted by atomic mass is 9.96. The number of alkyl halides is 3. The first-order valence-corrected chi connectivity index (χ1v) is 9.92. The molecule has 0 fully saturated rings. The second-order valence-corrected chi connectivity index (χ2v) is 7.97. The molecule has 0 bridgehead atoms. The molecule has 1 N–H and O–H groups in total. The number of thiophene rings is 1. The third kappa shape index (κ3) is 5.32. The molecule has 0 saturated heterocycles. The van der Waals surface area contributed by atoms with E-state index < -0.39 is 11.7 Å². The first-order chi connectivity index (χ1) is 12.8. The van der Waals surface area contributed by atoms with Crippen LogP contribution in [-0.4, -0.2) is 30.4 Å². The van der Waals surface area contributed by atoms with Gasteiger partial charge in [-0.25, -0.2) is 0 Å². The minimum Gasteiger partial charge on any atom is -0.355 e. The van der Waals surface area contributed by atoms with Crippen LogP contribution in [0, 0.1) is 0 Å². The van der Waals surface area contributed by atoms with E-state index in [2.05, 4.69) is 21.7 Å². The summed E-state index contributed by atoms with van der Waals surface area (Å²) in [6.07, 6.45) is -3.01. The summed E-state index contributed by atoms with van der Waals surface area (Å²) in [5.74, 6) is -0.203. The Hall–Kier alpha value is -1.86. The Morgan fingerprint density at radius 3 is 2.70 bits per heavy atom. The smallest absolute Gasteiger partial charge is 0.355 e. The maximum Gasteiger partial charge on any atom is 0.416 e. The van der Waals surface area contributed by atoms with Gasteiger partial charge in [-0.1, -0.05) is 19.1 Å². The molecule has 3 rings (SSSR count). The lowest BCUT2D eigenvalue weighted by Crippen LogP contribution is -2.37. The number of fused-ring (bicyclic) bond motifs is 1. The van der Waals surface area contributed by atoms with E-state index in [-0.39, 0.29) is 18.2 Å². The molecule has 1 atom stereocenters. The number of nitrogens with one attached hydrogen (secondary N) is 1. The van der Waals surface area contributed by atoms with Crippen LogP contribution in [0.15, 0.2) is 35.7 Å². The number of nitrogens with zero attached hydrogens (tertiary/aromatic N) is 1. The molecule has 0 spiro atoms. The standard InChI is InChI=1S/C20H23F3N2OS/c1-14(15-2-4-17(5-3-15)20(21,22)23)12-19(26)24-8-10-25-9-6-18-16(13-25)7-11-27-18/h2-5,7,11,14H,6,8-10,12-13H2,1H3,(H,24,26). The fraction of sp³-hybridized carbons (Fsp3) is 0.450. The van der Waals surface area contributed by atoms with Crippen molar-refractivity contribution in [3.05, 3.63) is 57.3 Å². The van der Waals surface area contributed by atoms with Gasteiger partial charge >= 0.3 is 6.18 Å². The van der Waals surface area contributed by atoms with Gasteiger partial charge < -0.3 is 5.32 Å². The summed E-state index contributed by atoms with van der Waals surface area (Å²) < 4.78 is 37.9. The molecular formula is C20H23F3N2OS. The molecule has 2 heterocycles. The predicted octanol–water partition coefficient (Wildman–Crippen LogP) is 4.44. The SMILES string of the molecule is CC(CC(=O)NCCN1CCc2sccc2C1)c1ccc(C(F)(F)F)cc1. The molecule has 1 aliphatic heterocycles. The molecule has 1 aromatic heterocycles. The molecule has 7 heteroatoms. The second-order valence-electron chi connectivity index (χ2n) is 6.97. The van der Waals surface area contributed by atoms with E-state index in [1.165, 1.54) is 22.6 Å². The largest absolute Gasteiger partial charge is 0.416 e. The average Bonchev–Trinajstić information content (AvgIpc) is 3.09. The molecule has 1 amide bonds. The van der Waals surface area contributed by atoms with Crippen LogP contribution in [-0.2, 0) is 23.9 Å². The van der Waals surface area contributed by atoms with Gasteiger partial charge in [0.2, 0.25) is 5.91 Å². The van der Waals surface area contributed by atoms with Crippen molar-refractivity contribution in [1.29, 1.82) is 0 Å². The van der Waals surface area contributed by atoms with E-state index in [1.807, 2.05) is 6.92 Å². The molecule has 3 nitrogen and oxygen atoms in total. The van der Waals surface area contributed by atoms with Crippen molar-refractivity contribution in [3.8, 4) is 0 Å². The number of carbonyl (C=O) groups excluding carboxylic acids is 1. The summed E-state index contributed by atoms with van der Waals surface area (Å²) in [7, 11) is 0. The highest BCUT2D eigenvalue weighted by Gasteiger charge is 2.30. The van der Waals surface area contributed by atoms with Crippen molar-refractivity contribution in [2.75, 3.05) is 19.6 Å². The number of rotatable bonds is 6. The molecule has 0 aliphatic carbocycles. The molecule has 1 aromatic carbocycles. The first kappa shape index (κ1) is 19.9. The van der Waals surface area contributed by atoms with Gasteiger partial charge in [0, 0.05) is 37.5 Å². The number of halogens is 3. The zero-order chi connectivity index (χ0) is 19.4. The highest BCUT2D eigenvalue weighted by atomic mass is 32.1. The van der Waals surface area contributed by atoms with Gasteiger partial charge in [0.25, 0.3) is 0 Å². The Kier molecular flexibility index (Phi) is 6.22. The van der Waals surface area contributed by atoms with Crippen LogP contribution in [0.2, 0.25) is 0 Å². The van der Waals surface area contributed by atoms with Crippen LogP contribution in [0.5, 0.6) is 0 Å². The van der Waals surface area contributed by atoms with Crippen LogP contribution in [0.25, 0.3) is 0 Å². The van der Waals surface area contributed by atoms with E-state index in [9.17, 15) is 18.0 Å². The van der Waals surface area contributed by atoms with Crippen molar-refractivity contribution in [1.82, 2.24) is 10.2 Å². The third-order valence-corrected chi connectivity index (χ3v) is 5.96. The lowest BCUT2D eigenvalue weighted by Gasteiger charge is -2.26. The fourth-order valence-corrected chi connectivity index (χ4v) is 4.21. The summed E-state index contributed by atoms with van der Waals surface area (Å²) in [5.41, 5.74) is 1.45. The van der Waals surface area contributed by atoms with Gasteiger partial charge in [-0.2, -0.15) is 13.2 Å².